The molecule has 31 heavy (non-hydrogen) atoms. The molecule has 0 bridgehead atoms. The molecule has 0 spiro atoms. The molecule has 7 nitrogen and oxygen atoms in total. The Hall–Kier alpha value is -2.97. The number of carbonyl (C=O) groups excluding carboxylic acids is 2. The third kappa shape index (κ3) is 7.66. The van der Waals surface area contributed by atoms with Gasteiger partial charge in [-0.2, -0.15) is 0 Å². The number of likely N-dealkylation sites (N-methyl/N-ethyl adjacent to an activating group) is 1. The molecule has 1 heterocycles. The number of amides is 2. The van der Waals surface area contributed by atoms with Gasteiger partial charge in [0.1, 0.15) is 24.7 Å². The van der Waals surface area contributed by atoms with Crippen molar-refractivity contribution in [3.63, 3.8) is 0 Å². The molecule has 1 fully saturated rings. The lowest BCUT2D eigenvalue weighted by Crippen LogP contribution is -3.16. The average molecular weight is 431 g/mol. The van der Waals surface area contributed by atoms with Crippen LogP contribution in [0.2, 0.25) is 0 Å². The van der Waals surface area contributed by atoms with Crippen LogP contribution in [0.25, 0.3) is 0 Å². The van der Waals surface area contributed by atoms with Gasteiger partial charge in [-0.25, -0.2) is 4.39 Å². The number of piperazine rings is 1. The van der Waals surface area contributed by atoms with E-state index in [1.54, 1.807) is 12.1 Å². The van der Waals surface area contributed by atoms with Crippen molar-refractivity contribution >= 4 is 17.5 Å². The molecule has 1 atom stereocenters. The number of anilines is 1. The summed E-state index contributed by atoms with van der Waals surface area (Å²) in [5, 5.41) is 2.79. The van der Waals surface area contributed by atoms with Crippen LogP contribution in [0.15, 0.2) is 54.6 Å². The van der Waals surface area contributed by atoms with Crippen LogP contribution >= 0.6 is 0 Å². The van der Waals surface area contributed by atoms with Crippen LogP contribution in [0.1, 0.15) is 0 Å². The smallest absolute Gasteiger partial charge is 0.279 e. The SMILES string of the molecule is C[NH+](CCOc1ccccc1)CC(=O)N1CC[NH+](CC(=O)Nc2ccc(F)cc2)CC1. The molecule has 0 aliphatic carbocycles. The predicted octanol–water partition coefficient (Wildman–Crippen LogP) is -0.915. The van der Waals surface area contributed by atoms with Gasteiger partial charge in [0.05, 0.1) is 33.2 Å². The lowest BCUT2D eigenvalue weighted by Gasteiger charge is -2.32. The Morgan fingerprint density at radius 2 is 1.77 bits per heavy atom. The van der Waals surface area contributed by atoms with Crippen molar-refractivity contribution in [3.05, 3.63) is 60.4 Å². The van der Waals surface area contributed by atoms with E-state index in [-0.39, 0.29) is 17.6 Å². The minimum absolute atomic E-state index is 0.107. The number of hydrogen-bond acceptors (Lipinski definition) is 3. The summed E-state index contributed by atoms with van der Waals surface area (Å²) in [5.74, 6) is 0.529. The van der Waals surface area contributed by atoms with Crippen molar-refractivity contribution in [2.24, 2.45) is 0 Å². The first-order chi connectivity index (χ1) is 15.0. The number of hydrogen-bond donors (Lipinski definition) is 3. The number of quaternary nitrogens is 2. The maximum absolute atomic E-state index is 13.0. The van der Waals surface area contributed by atoms with Crippen molar-refractivity contribution in [2.45, 2.75) is 0 Å². The van der Waals surface area contributed by atoms with Gasteiger partial charge in [0.25, 0.3) is 11.8 Å². The monoisotopic (exact) mass is 430 g/mol. The third-order valence-electron chi connectivity index (χ3n) is 5.36. The maximum atomic E-state index is 13.0. The summed E-state index contributed by atoms with van der Waals surface area (Å²) in [7, 11) is 1.99. The fourth-order valence-electron chi connectivity index (χ4n) is 3.53. The zero-order valence-corrected chi connectivity index (χ0v) is 17.9. The summed E-state index contributed by atoms with van der Waals surface area (Å²) >= 11 is 0. The van der Waals surface area contributed by atoms with Crippen LogP contribution < -0.4 is 19.9 Å². The quantitative estimate of drug-likeness (QED) is 0.482. The molecular weight excluding hydrogens is 399 g/mol. The minimum atomic E-state index is -0.333. The normalized spacial score (nSPS) is 15.4. The highest BCUT2D eigenvalue weighted by Crippen LogP contribution is 2.08. The van der Waals surface area contributed by atoms with Crippen LogP contribution in [-0.2, 0) is 9.59 Å². The Morgan fingerprint density at radius 1 is 1.10 bits per heavy atom. The molecule has 3 rings (SSSR count). The van der Waals surface area contributed by atoms with Crippen LogP contribution in [0, 0.1) is 5.82 Å². The lowest BCUT2D eigenvalue weighted by atomic mass is 10.3. The Morgan fingerprint density at radius 3 is 2.45 bits per heavy atom. The van der Waals surface area contributed by atoms with Gasteiger partial charge in [0.15, 0.2) is 13.1 Å². The van der Waals surface area contributed by atoms with Crippen LogP contribution in [0.4, 0.5) is 10.1 Å². The number of rotatable bonds is 9. The maximum Gasteiger partial charge on any atom is 0.279 e. The highest BCUT2D eigenvalue weighted by molar-refractivity contribution is 5.91. The third-order valence-corrected chi connectivity index (χ3v) is 5.36. The highest BCUT2D eigenvalue weighted by atomic mass is 19.1. The number of para-hydroxylation sites is 1. The second kappa shape index (κ2) is 11.4. The number of halogens is 1. The topological polar surface area (TPSA) is 67.5 Å². The van der Waals surface area contributed by atoms with E-state index in [0.29, 0.717) is 38.5 Å². The molecule has 166 valence electrons. The van der Waals surface area contributed by atoms with Gasteiger partial charge in [-0.3, -0.25) is 9.59 Å². The summed E-state index contributed by atoms with van der Waals surface area (Å²) in [6.07, 6.45) is 0. The Labute approximate surface area is 182 Å². The Kier molecular flexibility index (Phi) is 8.37. The van der Waals surface area contributed by atoms with E-state index in [0.717, 1.165) is 35.2 Å². The fourth-order valence-corrected chi connectivity index (χ4v) is 3.53. The standard InChI is InChI=1S/C23H29FN4O3/c1-26(15-16-31-21-5-3-2-4-6-21)18-23(30)28-13-11-27(12-14-28)17-22(29)25-20-9-7-19(24)8-10-20/h2-10H,11-18H2,1H3,(H,25,29)/p+2. The van der Waals surface area contributed by atoms with Crippen molar-refractivity contribution in [1.29, 1.82) is 0 Å². The first kappa shape index (κ1) is 22.7. The summed E-state index contributed by atoms with van der Waals surface area (Å²) < 4.78 is 18.7. The number of nitrogens with zero attached hydrogens (tertiary/aromatic N) is 1. The van der Waals surface area contributed by atoms with Gasteiger partial charge in [-0.15, -0.1) is 0 Å². The molecule has 1 unspecified atom stereocenters. The number of benzene rings is 2. The van der Waals surface area contributed by atoms with Crippen molar-refractivity contribution in [1.82, 2.24) is 4.90 Å². The summed E-state index contributed by atoms with van der Waals surface area (Å²) in [6.45, 7) is 4.83. The predicted molar refractivity (Wildman–Crippen MR) is 116 cm³/mol. The number of nitrogens with one attached hydrogen (secondary N) is 3. The number of carbonyl (C=O) groups is 2. The molecule has 2 amide bonds. The minimum Gasteiger partial charge on any atom is -0.488 e. The molecule has 2 aromatic carbocycles. The van der Waals surface area contributed by atoms with Gasteiger partial charge in [-0.05, 0) is 36.4 Å². The molecule has 0 saturated carbocycles. The summed E-state index contributed by atoms with van der Waals surface area (Å²) in [5.41, 5.74) is 0.585. The second-order valence-corrected chi connectivity index (χ2v) is 7.91. The molecule has 8 heteroatoms. The van der Waals surface area contributed by atoms with Crippen molar-refractivity contribution in [2.75, 3.05) is 64.8 Å². The van der Waals surface area contributed by atoms with Gasteiger partial charge in [0, 0.05) is 5.69 Å². The molecule has 2 aromatic rings. The second-order valence-electron chi connectivity index (χ2n) is 7.91. The van der Waals surface area contributed by atoms with Crippen LogP contribution in [0.5, 0.6) is 5.75 Å². The van der Waals surface area contributed by atoms with E-state index >= 15 is 0 Å². The average Bonchev–Trinajstić information content (AvgIpc) is 2.76. The fraction of sp³-hybridized carbons (Fsp3) is 0.391. The summed E-state index contributed by atoms with van der Waals surface area (Å²) in [4.78, 5) is 28.9. The van der Waals surface area contributed by atoms with E-state index in [2.05, 4.69) is 5.32 Å². The Bertz CT molecular complexity index is 840. The van der Waals surface area contributed by atoms with Gasteiger partial charge in [-0.1, -0.05) is 18.2 Å². The molecule has 0 aromatic heterocycles. The van der Waals surface area contributed by atoms with E-state index in [1.165, 1.54) is 12.1 Å². The van der Waals surface area contributed by atoms with Gasteiger partial charge >= 0.3 is 0 Å². The molecule has 1 saturated heterocycles. The van der Waals surface area contributed by atoms with Crippen molar-refractivity contribution < 1.29 is 28.5 Å². The van der Waals surface area contributed by atoms with Gasteiger partial charge in [0.2, 0.25) is 0 Å². The van der Waals surface area contributed by atoms with Crippen molar-refractivity contribution in [3.8, 4) is 5.75 Å². The lowest BCUT2D eigenvalue weighted by molar-refractivity contribution is -0.896. The first-order valence-electron chi connectivity index (χ1n) is 10.7. The molecule has 3 N–H and O–H groups in total. The van der Waals surface area contributed by atoms with Gasteiger partial charge < -0.3 is 24.8 Å². The van der Waals surface area contributed by atoms with E-state index < -0.39 is 0 Å². The molecule has 1 aliphatic heterocycles. The molecule has 0 radical (unpaired) electrons. The van der Waals surface area contributed by atoms with E-state index in [9.17, 15) is 14.0 Å². The Balaban J connectivity index is 1.32. The van der Waals surface area contributed by atoms with E-state index in [4.69, 9.17) is 4.74 Å². The zero-order chi connectivity index (χ0) is 22.1. The number of ether oxygens (including phenoxy) is 1. The van der Waals surface area contributed by atoms with Crippen LogP contribution in [-0.4, -0.2) is 76.2 Å². The van der Waals surface area contributed by atoms with E-state index in [1.807, 2.05) is 42.3 Å². The first-order valence-corrected chi connectivity index (χ1v) is 10.7. The highest BCUT2D eigenvalue weighted by Gasteiger charge is 2.26. The zero-order valence-electron chi connectivity index (χ0n) is 17.9. The molecule has 1 aliphatic rings. The summed E-state index contributed by atoms with van der Waals surface area (Å²) in [6, 6.07) is 15.4. The largest absolute Gasteiger partial charge is 0.488 e. The molecular formula is C23H31FN4O3+2. The van der Waals surface area contributed by atoms with Crippen LogP contribution in [0.3, 0.4) is 0 Å².